The second kappa shape index (κ2) is 6.54. The predicted molar refractivity (Wildman–Crippen MR) is 74.8 cm³/mol. The van der Waals surface area contributed by atoms with Crippen molar-refractivity contribution in [1.29, 1.82) is 0 Å². The molecule has 1 saturated carbocycles. The highest BCUT2D eigenvalue weighted by Crippen LogP contribution is 2.25. The van der Waals surface area contributed by atoms with E-state index in [0.717, 1.165) is 30.5 Å². The number of aliphatic hydroxyl groups excluding tert-OH is 1. The first-order chi connectivity index (χ1) is 9.24. The van der Waals surface area contributed by atoms with Crippen molar-refractivity contribution in [2.75, 3.05) is 18.5 Å². The van der Waals surface area contributed by atoms with Crippen LogP contribution in [-0.2, 0) is 6.54 Å². The van der Waals surface area contributed by atoms with Crippen molar-refractivity contribution < 1.29 is 9.90 Å². The number of rotatable bonds is 5. The summed E-state index contributed by atoms with van der Waals surface area (Å²) < 4.78 is 0. The molecule has 2 rings (SSSR count). The molecule has 2 amide bonds. The molecule has 1 fully saturated rings. The number of anilines is 1. The molecule has 5 nitrogen and oxygen atoms in total. The summed E-state index contributed by atoms with van der Waals surface area (Å²) in [4.78, 5) is 13.9. The minimum absolute atomic E-state index is 0.00718. The fourth-order valence-corrected chi connectivity index (χ4v) is 2.23. The van der Waals surface area contributed by atoms with Crippen LogP contribution in [0.2, 0.25) is 0 Å². The maximum Gasteiger partial charge on any atom is 0.322 e. The number of carbonyl (C=O) groups is 1. The molecule has 0 aliphatic heterocycles. The fraction of sp³-hybridized carbons (Fsp3) is 0.500. The number of hydrogen-bond donors (Lipinski definition) is 3. The van der Waals surface area contributed by atoms with Crippen LogP contribution in [0.1, 0.15) is 24.8 Å². The molecule has 104 valence electrons. The van der Waals surface area contributed by atoms with Gasteiger partial charge in [-0.3, -0.25) is 0 Å². The van der Waals surface area contributed by atoms with Crippen LogP contribution in [-0.4, -0.2) is 35.2 Å². The van der Waals surface area contributed by atoms with Gasteiger partial charge in [0.25, 0.3) is 0 Å². The Kier molecular flexibility index (Phi) is 4.76. The number of urea groups is 1. The Bertz CT molecular complexity index is 432. The smallest absolute Gasteiger partial charge is 0.322 e. The lowest BCUT2D eigenvalue weighted by molar-refractivity contribution is 0.127. The standard InChI is InChI=1S/C14H21N3O2/c15-10-11-3-1-4-12(9-11)16-14(19)17(7-8-18)13-5-2-6-13/h1,3-4,9,13,18H,2,5-8,10,15H2,(H,16,19). The summed E-state index contributed by atoms with van der Waals surface area (Å²) in [5.74, 6) is 0. The van der Waals surface area contributed by atoms with Gasteiger partial charge in [-0.2, -0.15) is 0 Å². The van der Waals surface area contributed by atoms with Gasteiger partial charge in [0.1, 0.15) is 0 Å². The molecule has 1 aromatic rings. The largest absolute Gasteiger partial charge is 0.395 e. The molecule has 0 bridgehead atoms. The van der Waals surface area contributed by atoms with Gasteiger partial charge in [0.15, 0.2) is 0 Å². The van der Waals surface area contributed by atoms with E-state index in [2.05, 4.69) is 5.32 Å². The Balaban J connectivity index is 2.00. The first-order valence-corrected chi connectivity index (χ1v) is 6.72. The number of benzene rings is 1. The van der Waals surface area contributed by atoms with Gasteiger partial charge >= 0.3 is 6.03 Å². The van der Waals surface area contributed by atoms with E-state index in [1.54, 1.807) is 4.90 Å². The summed E-state index contributed by atoms with van der Waals surface area (Å²) in [6.07, 6.45) is 3.20. The van der Waals surface area contributed by atoms with Gasteiger partial charge in [0.05, 0.1) is 6.61 Å². The van der Waals surface area contributed by atoms with Crippen LogP contribution in [0, 0.1) is 0 Å². The van der Waals surface area contributed by atoms with Crippen LogP contribution in [0.4, 0.5) is 10.5 Å². The SMILES string of the molecule is NCc1cccc(NC(=O)N(CCO)C2CCC2)c1. The molecule has 1 aliphatic rings. The zero-order valence-corrected chi connectivity index (χ0v) is 11.0. The second-order valence-corrected chi connectivity index (χ2v) is 4.84. The summed E-state index contributed by atoms with van der Waals surface area (Å²) in [5.41, 5.74) is 7.31. The molecule has 0 heterocycles. The fourth-order valence-electron chi connectivity index (χ4n) is 2.23. The highest BCUT2D eigenvalue weighted by atomic mass is 16.3. The third-order valence-corrected chi connectivity index (χ3v) is 3.53. The van der Waals surface area contributed by atoms with Gasteiger partial charge in [0.2, 0.25) is 0 Å². The number of hydrogen-bond acceptors (Lipinski definition) is 3. The van der Waals surface area contributed by atoms with Crippen molar-refractivity contribution >= 4 is 11.7 Å². The first-order valence-electron chi connectivity index (χ1n) is 6.72. The molecule has 0 unspecified atom stereocenters. The minimum atomic E-state index is -0.145. The second-order valence-electron chi connectivity index (χ2n) is 4.84. The molecular formula is C14H21N3O2. The van der Waals surface area contributed by atoms with Crippen molar-refractivity contribution in [2.45, 2.75) is 31.8 Å². The normalized spacial score (nSPS) is 14.8. The summed E-state index contributed by atoms with van der Waals surface area (Å²) >= 11 is 0. The van der Waals surface area contributed by atoms with Crippen molar-refractivity contribution in [3.8, 4) is 0 Å². The van der Waals surface area contributed by atoms with E-state index in [-0.39, 0.29) is 18.7 Å². The lowest BCUT2D eigenvalue weighted by atomic mass is 9.92. The Labute approximate surface area is 113 Å². The van der Waals surface area contributed by atoms with E-state index < -0.39 is 0 Å². The lowest BCUT2D eigenvalue weighted by Crippen LogP contribution is -2.47. The van der Waals surface area contributed by atoms with E-state index in [0.29, 0.717) is 13.1 Å². The zero-order valence-electron chi connectivity index (χ0n) is 11.0. The van der Waals surface area contributed by atoms with Gasteiger partial charge in [-0.1, -0.05) is 12.1 Å². The van der Waals surface area contributed by atoms with Crippen LogP contribution >= 0.6 is 0 Å². The van der Waals surface area contributed by atoms with Crippen molar-refractivity contribution in [2.24, 2.45) is 5.73 Å². The Morgan fingerprint density at radius 1 is 1.47 bits per heavy atom. The molecule has 5 heteroatoms. The molecule has 0 aromatic heterocycles. The molecule has 1 aromatic carbocycles. The third-order valence-electron chi connectivity index (χ3n) is 3.53. The average Bonchev–Trinajstić information content (AvgIpc) is 2.36. The number of aliphatic hydroxyl groups is 1. The number of nitrogens with two attached hydrogens (primary N) is 1. The molecule has 0 radical (unpaired) electrons. The van der Waals surface area contributed by atoms with Crippen LogP contribution in [0.25, 0.3) is 0 Å². The van der Waals surface area contributed by atoms with Crippen LogP contribution in [0.5, 0.6) is 0 Å². The highest BCUT2D eigenvalue weighted by Gasteiger charge is 2.28. The summed E-state index contributed by atoms with van der Waals surface area (Å²) in [5, 5.41) is 11.9. The predicted octanol–water partition coefficient (Wildman–Crippen LogP) is 1.52. The van der Waals surface area contributed by atoms with Gasteiger partial charge < -0.3 is 21.1 Å². The molecular weight excluding hydrogens is 242 g/mol. The Morgan fingerprint density at radius 3 is 2.84 bits per heavy atom. The third kappa shape index (κ3) is 3.45. The van der Waals surface area contributed by atoms with Crippen LogP contribution < -0.4 is 11.1 Å². The molecule has 0 atom stereocenters. The average molecular weight is 263 g/mol. The number of carbonyl (C=O) groups excluding carboxylic acids is 1. The van der Waals surface area contributed by atoms with E-state index in [1.165, 1.54) is 0 Å². The monoisotopic (exact) mass is 263 g/mol. The van der Waals surface area contributed by atoms with Crippen LogP contribution in [0.15, 0.2) is 24.3 Å². The molecule has 0 spiro atoms. The van der Waals surface area contributed by atoms with E-state index >= 15 is 0 Å². The van der Waals surface area contributed by atoms with Gasteiger partial charge in [-0.25, -0.2) is 4.79 Å². The topological polar surface area (TPSA) is 78.6 Å². The minimum Gasteiger partial charge on any atom is -0.395 e. The Hall–Kier alpha value is -1.59. The van der Waals surface area contributed by atoms with Gasteiger partial charge in [-0.15, -0.1) is 0 Å². The molecule has 4 N–H and O–H groups in total. The number of nitrogens with one attached hydrogen (secondary N) is 1. The van der Waals surface area contributed by atoms with E-state index in [4.69, 9.17) is 10.8 Å². The Morgan fingerprint density at radius 2 is 2.26 bits per heavy atom. The molecule has 0 saturated heterocycles. The zero-order chi connectivity index (χ0) is 13.7. The summed E-state index contributed by atoms with van der Waals surface area (Å²) in [7, 11) is 0. The van der Waals surface area contributed by atoms with Gasteiger partial charge in [0, 0.05) is 24.8 Å². The number of nitrogens with zero attached hydrogens (tertiary/aromatic N) is 1. The van der Waals surface area contributed by atoms with Crippen LogP contribution in [0.3, 0.4) is 0 Å². The lowest BCUT2D eigenvalue weighted by Gasteiger charge is -2.37. The van der Waals surface area contributed by atoms with Crippen molar-refractivity contribution in [1.82, 2.24) is 4.90 Å². The maximum atomic E-state index is 12.2. The van der Waals surface area contributed by atoms with E-state index in [9.17, 15) is 4.79 Å². The molecule has 19 heavy (non-hydrogen) atoms. The number of amides is 2. The van der Waals surface area contributed by atoms with E-state index in [1.807, 2.05) is 24.3 Å². The van der Waals surface area contributed by atoms with Crippen molar-refractivity contribution in [3.05, 3.63) is 29.8 Å². The molecule has 1 aliphatic carbocycles. The quantitative estimate of drug-likeness (QED) is 0.753. The highest BCUT2D eigenvalue weighted by molar-refractivity contribution is 5.89. The first kappa shape index (κ1) is 13.8. The van der Waals surface area contributed by atoms with Crippen molar-refractivity contribution in [3.63, 3.8) is 0 Å². The summed E-state index contributed by atoms with van der Waals surface area (Å²) in [6, 6.07) is 7.63. The maximum absolute atomic E-state index is 12.2. The van der Waals surface area contributed by atoms with Gasteiger partial charge in [-0.05, 0) is 37.0 Å². The summed E-state index contributed by atoms with van der Waals surface area (Å²) in [6.45, 7) is 0.826.